The molecule has 1 fully saturated rings. The largest absolute Gasteiger partial charge is 0.368 e. The number of halogens is 1. The lowest BCUT2D eigenvalue weighted by atomic mass is 10.1. The van der Waals surface area contributed by atoms with Crippen LogP contribution in [0.5, 0.6) is 0 Å². The summed E-state index contributed by atoms with van der Waals surface area (Å²) in [6.07, 6.45) is 0. The Morgan fingerprint density at radius 1 is 0.630 bits per heavy atom. The Labute approximate surface area is 163 Å². The second-order valence-electron chi connectivity index (χ2n) is 6.95. The molecule has 0 spiro atoms. The van der Waals surface area contributed by atoms with Crippen LogP contribution in [0.15, 0.2) is 72.8 Å². The minimum Gasteiger partial charge on any atom is -0.368 e. The standard InChI is InChI=1S/C23H20ClN3/c24-17-9-11-18(12-10-17)26-13-15-27(16-14-26)23-21-7-2-1-5-19(21)20-6-3-4-8-22(20)25-23/h1-12H,13-16H2. The van der Waals surface area contributed by atoms with Crippen LogP contribution in [0.1, 0.15) is 0 Å². The van der Waals surface area contributed by atoms with Crippen molar-refractivity contribution < 1.29 is 0 Å². The van der Waals surface area contributed by atoms with Gasteiger partial charge in [0, 0.05) is 47.7 Å². The van der Waals surface area contributed by atoms with Gasteiger partial charge in [-0.3, -0.25) is 0 Å². The number of benzene rings is 3. The van der Waals surface area contributed by atoms with Crippen LogP contribution in [0.2, 0.25) is 5.02 Å². The van der Waals surface area contributed by atoms with Crippen molar-refractivity contribution >= 4 is 44.8 Å². The van der Waals surface area contributed by atoms with E-state index in [0.717, 1.165) is 42.5 Å². The van der Waals surface area contributed by atoms with Gasteiger partial charge in [-0.15, -0.1) is 0 Å². The van der Waals surface area contributed by atoms with Gasteiger partial charge in [-0.1, -0.05) is 54.1 Å². The maximum Gasteiger partial charge on any atom is 0.137 e. The lowest BCUT2D eigenvalue weighted by Crippen LogP contribution is -2.46. The Morgan fingerprint density at radius 2 is 1.22 bits per heavy atom. The topological polar surface area (TPSA) is 19.4 Å². The predicted octanol–water partition coefficient (Wildman–Crippen LogP) is 5.37. The molecule has 3 aromatic carbocycles. The van der Waals surface area contributed by atoms with Gasteiger partial charge < -0.3 is 9.80 Å². The molecule has 1 aromatic heterocycles. The van der Waals surface area contributed by atoms with Gasteiger partial charge in [0.2, 0.25) is 0 Å². The van der Waals surface area contributed by atoms with Crippen molar-refractivity contribution in [2.24, 2.45) is 0 Å². The third-order valence-electron chi connectivity index (χ3n) is 5.36. The number of hydrogen-bond donors (Lipinski definition) is 0. The van der Waals surface area contributed by atoms with Crippen molar-refractivity contribution in [3.63, 3.8) is 0 Å². The van der Waals surface area contributed by atoms with Gasteiger partial charge in [0.1, 0.15) is 5.82 Å². The fraction of sp³-hybridized carbons (Fsp3) is 0.174. The van der Waals surface area contributed by atoms with E-state index in [4.69, 9.17) is 16.6 Å². The molecule has 0 N–H and O–H groups in total. The molecule has 3 nitrogen and oxygen atoms in total. The molecule has 4 aromatic rings. The Bertz CT molecular complexity index is 1100. The summed E-state index contributed by atoms with van der Waals surface area (Å²) in [4.78, 5) is 9.86. The third kappa shape index (κ3) is 2.98. The van der Waals surface area contributed by atoms with Crippen molar-refractivity contribution in [3.8, 4) is 0 Å². The molecular formula is C23H20ClN3. The highest BCUT2D eigenvalue weighted by Crippen LogP contribution is 2.32. The van der Waals surface area contributed by atoms with Gasteiger partial charge in [-0.2, -0.15) is 0 Å². The number of para-hydroxylation sites is 1. The average Bonchev–Trinajstić information content (AvgIpc) is 2.74. The van der Waals surface area contributed by atoms with Crippen LogP contribution in [0.4, 0.5) is 11.5 Å². The van der Waals surface area contributed by atoms with Crippen molar-refractivity contribution in [1.29, 1.82) is 0 Å². The number of piperazine rings is 1. The average molecular weight is 374 g/mol. The number of rotatable bonds is 2. The second-order valence-corrected chi connectivity index (χ2v) is 7.39. The summed E-state index contributed by atoms with van der Waals surface area (Å²) in [5, 5.41) is 4.51. The minimum absolute atomic E-state index is 0.782. The smallest absolute Gasteiger partial charge is 0.137 e. The van der Waals surface area contributed by atoms with E-state index < -0.39 is 0 Å². The molecule has 0 bridgehead atoms. The van der Waals surface area contributed by atoms with Crippen LogP contribution in [-0.4, -0.2) is 31.2 Å². The van der Waals surface area contributed by atoms with E-state index >= 15 is 0 Å². The first-order chi connectivity index (χ1) is 13.3. The first-order valence-electron chi connectivity index (χ1n) is 9.32. The van der Waals surface area contributed by atoms with E-state index in [2.05, 4.69) is 70.5 Å². The molecule has 27 heavy (non-hydrogen) atoms. The fourth-order valence-corrected chi connectivity index (χ4v) is 4.08. The highest BCUT2D eigenvalue weighted by Gasteiger charge is 2.20. The highest BCUT2D eigenvalue weighted by molar-refractivity contribution is 6.30. The summed E-state index contributed by atoms with van der Waals surface area (Å²) in [5.74, 6) is 1.10. The molecule has 1 aliphatic rings. The molecule has 0 aliphatic carbocycles. The summed E-state index contributed by atoms with van der Waals surface area (Å²) >= 11 is 6.02. The Morgan fingerprint density at radius 3 is 1.96 bits per heavy atom. The highest BCUT2D eigenvalue weighted by atomic mass is 35.5. The zero-order valence-corrected chi connectivity index (χ0v) is 15.7. The van der Waals surface area contributed by atoms with E-state index in [-0.39, 0.29) is 0 Å². The van der Waals surface area contributed by atoms with Crippen LogP contribution in [0, 0.1) is 0 Å². The van der Waals surface area contributed by atoms with Crippen molar-refractivity contribution in [1.82, 2.24) is 4.98 Å². The van der Waals surface area contributed by atoms with Gasteiger partial charge in [0.05, 0.1) is 5.52 Å². The van der Waals surface area contributed by atoms with Crippen molar-refractivity contribution in [2.75, 3.05) is 36.0 Å². The number of aromatic nitrogens is 1. The first kappa shape index (κ1) is 16.4. The summed E-state index contributed by atoms with van der Waals surface area (Å²) in [7, 11) is 0. The van der Waals surface area contributed by atoms with Crippen LogP contribution < -0.4 is 9.80 Å². The molecule has 4 heteroatoms. The van der Waals surface area contributed by atoms with E-state index in [1.165, 1.54) is 21.8 Å². The number of hydrogen-bond acceptors (Lipinski definition) is 3. The van der Waals surface area contributed by atoms with Crippen LogP contribution in [-0.2, 0) is 0 Å². The molecule has 0 atom stereocenters. The Kier molecular flexibility index (Phi) is 4.10. The summed E-state index contributed by atoms with van der Waals surface area (Å²) < 4.78 is 0. The number of pyridine rings is 1. The van der Waals surface area contributed by atoms with Gasteiger partial charge >= 0.3 is 0 Å². The fourth-order valence-electron chi connectivity index (χ4n) is 3.96. The normalized spacial score (nSPS) is 14.9. The van der Waals surface area contributed by atoms with Gasteiger partial charge in [-0.05, 0) is 35.7 Å². The van der Waals surface area contributed by atoms with Crippen LogP contribution in [0.25, 0.3) is 21.7 Å². The van der Waals surface area contributed by atoms with Gasteiger partial charge in [0.25, 0.3) is 0 Å². The number of fused-ring (bicyclic) bond motifs is 3. The molecule has 2 heterocycles. The van der Waals surface area contributed by atoms with E-state index in [1.54, 1.807) is 0 Å². The van der Waals surface area contributed by atoms with Crippen molar-refractivity contribution in [3.05, 3.63) is 77.8 Å². The van der Waals surface area contributed by atoms with E-state index in [0.29, 0.717) is 0 Å². The number of anilines is 2. The molecular weight excluding hydrogens is 354 g/mol. The third-order valence-corrected chi connectivity index (χ3v) is 5.61. The van der Waals surface area contributed by atoms with E-state index in [1.807, 2.05) is 12.1 Å². The monoisotopic (exact) mass is 373 g/mol. The van der Waals surface area contributed by atoms with E-state index in [9.17, 15) is 0 Å². The summed E-state index contributed by atoms with van der Waals surface area (Å²) in [6, 6.07) is 25.1. The molecule has 0 amide bonds. The van der Waals surface area contributed by atoms with Gasteiger partial charge in [0.15, 0.2) is 0 Å². The quantitative estimate of drug-likeness (QED) is 0.440. The Balaban J connectivity index is 1.48. The minimum atomic E-state index is 0.782. The molecule has 0 saturated carbocycles. The SMILES string of the molecule is Clc1ccc(N2CCN(c3nc4ccccc4c4ccccc34)CC2)cc1. The number of nitrogens with zero attached hydrogens (tertiary/aromatic N) is 3. The first-order valence-corrected chi connectivity index (χ1v) is 9.70. The molecule has 1 saturated heterocycles. The Hall–Kier alpha value is -2.78. The maximum atomic E-state index is 6.02. The molecule has 1 aliphatic heterocycles. The van der Waals surface area contributed by atoms with Crippen LogP contribution in [0.3, 0.4) is 0 Å². The van der Waals surface area contributed by atoms with Crippen LogP contribution >= 0.6 is 11.6 Å². The molecule has 0 unspecified atom stereocenters. The molecule has 134 valence electrons. The van der Waals surface area contributed by atoms with Crippen molar-refractivity contribution in [2.45, 2.75) is 0 Å². The summed E-state index contributed by atoms with van der Waals surface area (Å²) in [6.45, 7) is 3.87. The molecule has 5 rings (SSSR count). The maximum absolute atomic E-state index is 6.02. The zero-order valence-electron chi connectivity index (χ0n) is 15.0. The lowest BCUT2D eigenvalue weighted by molar-refractivity contribution is 0.650. The predicted molar refractivity (Wildman–Crippen MR) is 115 cm³/mol. The summed E-state index contributed by atoms with van der Waals surface area (Å²) in [5.41, 5.74) is 2.29. The zero-order chi connectivity index (χ0) is 18.2. The lowest BCUT2D eigenvalue weighted by Gasteiger charge is -2.37. The van der Waals surface area contributed by atoms with Gasteiger partial charge in [-0.25, -0.2) is 4.98 Å². The molecule has 0 radical (unpaired) electrons. The second kappa shape index (κ2) is 6.75.